The van der Waals surface area contributed by atoms with E-state index < -0.39 is 28.5 Å². The molecule has 4 heterocycles. The Morgan fingerprint density at radius 3 is 2.80 bits per heavy atom. The quantitative estimate of drug-likeness (QED) is 0.441. The number of fused-ring (bicyclic) bond motifs is 2. The molecule has 9 nitrogen and oxygen atoms in total. The highest BCUT2D eigenvalue weighted by molar-refractivity contribution is 7.90. The number of carbonyl (C=O) groups is 1. The van der Waals surface area contributed by atoms with Gasteiger partial charge in [-0.15, -0.1) is 0 Å². The van der Waals surface area contributed by atoms with Crippen LogP contribution in [0, 0.1) is 5.82 Å². The van der Waals surface area contributed by atoms with Gasteiger partial charge in [0.25, 0.3) is 0 Å². The number of hydrogen-bond donors (Lipinski definition) is 1. The number of rotatable bonds is 4. The molecule has 1 amide bonds. The average Bonchev–Trinajstić information content (AvgIpc) is 3.12. The molecule has 0 aliphatic carbocycles. The topological polar surface area (TPSA) is 110 Å². The van der Waals surface area contributed by atoms with Gasteiger partial charge in [-0.2, -0.15) is 5.10 Å². The molecule has 0 atom stereocenters. The number of nitrogens with zero attached hydrogens (tertiary/aromatic N) is 5. The molecule has 4 aromatic rings. The summed E-state index contributed by atoms with van der Waals surface area (Å²) in [4.78, 5) is 21.4. The third-order valence-electron chi connectivity index (χ3n) is 5.67. The summed E-state index contributed by atoms with van der Waals surface area (Å²) in [6.45, 7) is -2.70. The van der Waals surface area contributed by atoms with E-state index in [9.17, 15) is 13.2 Å². The molecule has 0 radical (unpaired) electrons. The first-order chi connectivity index (χ1) is 17.8. The predicted octanol–water partition coefficient (Wildman–Crippen LogP) is 3.45. The van der Waals surface area contributed by atoms with Gasteiger partial charge in [0.05, 0.1) is 9.92 Å². The first-order valence-corrected chi connectivity index (χ1v) is 12.7. The highest BCUT2D eigenvalue weighted by Crippen LogP contribution is 2.37. The van der Waals surface area contributed by atoms with Gasteiger partial charge in [-0.25, -0.2) is 17.8 Å². The molecule has 5 rings (SSSR count). The van der Waals surface area contributed by atoms with Crippen molar-refractivity contribution in [2.45, 2.75) is 17.9 Å². The molecule has 0 fully saturated rings. The summed E-state index contributed by atoms with van der Waals surface area (Å²) >= 11 is 6.30. The van der Waals surface area contributed by atoms with E-state index in [-0.39, 0.29) is 34.1 Å². The van der Waals surface area contributed by atoms with Crippen LogP contribution in [0.3, 0.4) is 0 Å². The first-order valence-electron chi connectivity index (χ1n) is 11.9. The predicted molar refractivity (Wildman–Crippen MR) is 130 cm³/mol. The summed E-state index contributed by atoms with van der Waals surface area (Å²) in [5.74, 6) is -0.644. The monoisotopic (exact) mass is 517 g/mol. The third kappa shape index (κ3) is 4.32. The summed E-state index contributed by atoms with van der Waals surface area (Å²) in [7, 11) is -3.68. The lowest BCUT2D eigenvalue weighted by Crippen LogP contribution is -2.29. The van der Waals surface area contributed by atoms with E-state index in [4.69, 9.17) is 15.7 Å². The van der Waals surface area contributed by atoms with Crippen LogP contribution < -0.4 is 5.32 Å². The number of aromatic nitrogens is 4. The molecule has 0 unspecified atom stereocenters. The molecule has 35 heavy (non-hydrogen) atoms. The molecule has 1 aliphatic heterocycles. The summed E-state index contributed by atoms with van der Waals surface area (Å²) in [5, 5.41) is 7.98. The van der Waals surface area contributed by atoms with Crippen molar-refractivity contribution in [3.05, 3.63) is 59.4 Å². The van der Waals surface area contributed by atoms with Crippen molar-refractivity contribution in [3.63, 3.8) is 0 Å². The molecule has 0 spiro atoms. The number of carbonyl (C=O) groups excluding carboxylic acids is 1. The zero-order valence-corrected chi connectivity index (χ0v) is 19.9. The Balaban J connectivity index is 1.49. The van der Waals surface area contributed by atoms with E-state index in [0.29, 0.717) is 34.5 Å². The van der Waals surface area contributed by atoms with Crippen molar-refractivity contribution in [2.75, 3.05) is 25.1 Å². The van der Waals surface area contributed by atoms with Gasteiger partial charge < -0.3 is 10.2 Å². The molecule has 1 aromatic carbocycles. The second-order valence-corrected chi connectivity index (χ2v) is 10.4. The number of benzene rings is 1. The standard InChI is InChI=1S/C23H20ClFN6O3S/c1-30-6-4-14-9-20(29-31(14)12-21(30)32)28-19-8-13-7-15(23(25)22(24)16(13)11-27-19)17-10-26-5-3-18(17)35(2,33)34/h3,5,7-11H,4,6,12H2,1-2H3,(H,27,28,29)/i1D3. The summed E-state index contributed by atoms with van der Waals surface area (Å²) in [5.41, 5.74) is 0.723. The fourth-order valence-electron chi connectivity index (χ4n) is 3.95. The fraction of sp³-hybridized carbons (Fsp3) is 0.217. The maximum absolute atomic E-state index is 15.3. The zero-order valence-electron chi connectivity index (χ0n) is 21.3. The largest absolute Gasteiger partial charge is 0.344 e. The number of anilines is 2. The second kappa shape index (κ2) is 8.58. The lowest BCUT2D eigenvalue weighted by Gasteiger charge is -2.13. The van der Waals surface area contributed by atoms with Crippen molar-refractivity contribution in [1.29, 1.82) is 0 Å². The van der Waals surface area contributed by atoms with Crippen LogP contribution in [0.1, 0.15) is 9.81 Å². The number of hydrogen-bond acceptors (Lipinski definition) is 7. The van der Waals surface area contributed by atoms with Crippen molar-refractivity contribution in [3.8, 4) is 11.1 Å². The van der Waals surface area contributed by atoms with Crippen molar-refractivity contribution >= 4 is 49.8 Å². The lowest BCUT2D eigenvalue weighted by atomic mass is 10.0. The van der Waals surface area contributed by atoms with Crippen LogP contribution in [0.2, 0.25) is 5.02 Å². The van der Waals surface area contributed by atoms with E-state index in [1.54, 1.807) is 12.1 Å². The van der Waals surface area contributed by atoms with Crippen LogP contribution in [0.15, 0.2) is 47.8 Å². The van der Waals surface area contributed by atoms with Crippen molar-refractivity contribution < 1.29 is 21.7 Å². The van der Waals surface area contributed by atoms with Crippen LogP contribution in [-0.2, 0) is 27.6 Å². The second-order valence-electron chi connectivity index (χ2n) is 8.09. The normalized spacial score (nSPS) is 15.8. The summed E-state index contributed by atoms with van der Waals surface area (Å²) < 4.78 is 63.8. The smallest absolute Gasteiger partial charge is 0.244 e. The number of pyridine rings is 2. The van der Waals surface area contributed by atoms with E-state index in [0.717, 1.165) is 11.2 Å². The summed E-state index contributed by atoms with van der Waals surface area (Å²) in [6, 6.07) is 6.07. The van der Waals surface area contributed by atoms with Crippen molar-refractivity contribution in [2.24, 2.45) is 0 Å². The SMILES string of the molecule is [2H]C([2H])([2H])N1CCc2cc(Nc3cc4cc(-c5cnccc5S(C)(=O)=O)c(F)c(Cl)c4cn3)nn2CC1=O. The van der Waals surface area contributed by atoms with Gasteiger partial charge >= 0.3 is 0 Å². The van der Waals surface area contributed by atoms with Crippen molar-refractivity contribution in [1.82, 2.24) is 24.6 Å². The van der Waals surface area contributed by atoms with Gasteiger partial charge in [-0.1, -0.05) is 11.6 Å². The molecule has 0 bridgehead atoms. The summed E-state index contributed by atoms with van der Waals surface area (Å²) in [6.07, 6.45) is 5.29. The molecule has 0 saturated carbocycles. The van der Waals surface area contributed by atoms with Gasteiger partial charge in [0, 0.05) is 77.2 Å². The molecule has 3 aromatic heterocycles. The third-order valence-corrected chi connectivity index (χ3v) is 7.19. The molecule has 12 heteroatoms. The van der Waals surface area contributed by atoms with E-state index >= 15 is 4.39 Å². The maximum Gasteiger partial charge on any atom is 0.244 e. The van der Waals surface area contributed by atoms with Gasteiger partial charge in [0.2, 0.25) is 5.91 Å². The minimum atomic E-state index is -3.68. The zero-order chi connectivity index (χ0) is 27.4. The Kier molecular flexibility index (Phi) is 4.83. The molecule has 1 aliphatic rings. The van der Waals surface area contributed by atoms with Gasteiger partial charge in [0.15, 0.2) is 15.7 Å². The number of amides is 1. The Morgan fingerprint density at radius 2 is 2.03 bits per heavy atom. The molecule has 0 saturated heterocycles. The van der Waals surface area contributed by atoms with E-state index in [1.165, 1.54) is 35.4 Å². The van der Waals surface area contributed by atoms with Crippen LogP contribution in [0.4, 0.5) is 16.0 Å². The van der Waals surface area contributed by atoms with E-state index in [2.05, 4.69) is 20.4 Å². The van der Waals surface area contributed by atoms with Crippen LogP contribution in [0.25, 0.3) is 21.9 Å². The number of likely N-dealkylation sites (N-methyl/N-ethyl adjacent to an activating group) is 1. The molecule has 180 valence electrons. The Hall–Kier alpha value is -3.57. The number of nitrogens with one attached hydrogen (secondary N) is 1. The van der Waals surface area contributed by atoms with Crippen LogP contribution >= 0.6 is 11.6 Å². The Labute approximate surface area is 209 Å². The van der Waals surface area contributed by atoms with Gasteiger partial charge in [-0.05, 0) is 23.6 Å². The molecular formula is C23H20ClFN6O3S. The highest BCUT2D eigenvalue weighted by atomic mass is 35.5. The molecule has 1 N–H and O–H groups in total. The van der Waals surface area contributed by atoms with Gasteiger partial charge in [0.1, 0.15) is 18.2 Å². The van der Waals surface area contributed by atoms with E-state index in [1.807, 2.05) is 0 Å². The number of halogens is 2. The number of sulfone groups is 1. The highest BCUT2D eigenvalue weighted by Gasteiger charge is 2.22. The average molecular weight is 518 g/mol. The van der Waals surface area contributed by atoms with Crippen LogP contribution in [-0.4, -0.2) is 58.7 Å². The van der Waals surface area contributed by atoms with Crippen LogP contribution in [0.5, 0.6) is 0 Å². The molecular weight excluding hydrogens is 495 g/mol. The fourth-order valence-corrected chi connectivity index (χ4v) is 5.08. The lowest BCUT2D eigenvalue weighted by molar-refractivity contribution is -0.130. The maximum atomic E-state index is 15.3. The first kappa shape index (κ1) is 19.7. The Morgan fingerprint density at radius 1 is 1.20 bits per heavy atom. The Bertz CT molecular complexity index is 1710. The van der Waals surface area contributed by atoms with Gasteiger partial charge in [-0.3, -0.25) is 14.5 Å². The minimum Gasteiger partial charge on any atom is -0.344 e. The minimum absolute atomic E-state index is 0.0285.